The van der Waals surface area contributed by atoms with Crippen LogP contribution in [0.4, 0.5) is 5.69 Å². The van der Waals surface area contributed by atoms with Crippen molar-refractivity contribution < 1.29 is 13.9 Å². The van der Waals surface area contributed by atoms with Crippen LogP contribution < -0.4 is 10.1 Å². The summed E-state index contributed by atoms with van der Waals surface area (Å²) in [6.07, 6.45) is 2.60. The SMILES string of the molecule is CCc1ccc(OCC(=O)Nc2ccc(-c3nc4ncccc4o3)c(Cl)c2)cc1. The van der Waals surface area contributed by atoms with Gasteiger partial charge in [-0.25, -0.2) is 4.98 Å². The molecule has 6 nitrogen and oxygen atoms in total. The number of pyridine rings is 1. The lowest BCUT2D eigenvalue weighted by atomic mass is 10.2. The molecule has 4 aromatic rings. The van der Waals surface area contributed by atoms with Gasteiger partial charge in [0.25, 0.3) is 5.91 Å². The summed E-state index contributed by atoms with van der Waals surface area (Å²) in [6.45, 7) is 1.99. The molecule has 1 N–H and O–H groups in total. The van der Waals surface area contributed by atoms with Crippen molar-refractivity contribution >= 4 is 34.4 Å². The summed E-state index contributed by atoms with van der Waals surface area (Å²) < 4.78 is 11.2. The van der Waals surface area contributed by atoms with Gasteiger partial charge in [0.15, 0.2) is 17.8 Å². The first-order chi connectivity index (χ1) is 14.1. The minimum Gasteiger partial charge on any atom is -0.484 e. The van der Waals surface area contributed by atoms with E-state index in [0.717, 1.165) is 6.42 Å². The predicted octanol–water partition coefficient (Wildman–Crippen LogP) is 5.12. The van der Waals surface area contributed by atoms with E-state index in [1.54, 1.807) is 36.5 Å². The number of benzene rings is 2. The lowest BCUT2D eigenvalue weighted by Gasteiger charge is -2.09. The number of carbonyl (C=O) groups is 1. The highest BCUT2D eigenvalue weighted by Gasteiger charge is 2.13. The molecule has 1 amide bonds. The minimum atomic E-state index is -0.278. The molecule has 0 saturated heterocycles. The summed E-state index contributed by atoms with van der Waals surface area (Å²) in [6, 6.07) is 16.4. The van der Waals surface area contributed by atoms with Crippen LogP contribution in [0.15, 0.2) is 65.2 Å². The van der Waals surface area contributed by atoms with Crippen LogP contribution in [0.2, 0.25) is 5.02 Å². The van der Waals surface area contributed by atoms with Crippen LogP contribution in [-0.2, 0) is 11.2 Å². The largest absolute Gasteiger partial charge is 0.484 e. The fraction of sp³-hybridized carbons (Fsp3) is 0.136. The number of aryl methyl sites for hydroxylation is 1. The number of nitrogens with zero attached hydrogens (tertiary/aromatic N) is 2. The molecule has 0 saturated carbocycles. The molecule has 2 aromatic carbocycles. The topological polar surface area (TPSA) is 77.2 Å². The van der Waals surface area contributed by atoms with Crippen LogP contribution in [0.3, 0.4) is 0 Å². The van der Waals surface area contributed by atoms with Crippen LogP contribution in [0.1, 0.15) is 12.5 Å². The van der Waals surface area contributed by atoms with Crippen LogP contribution in [0, 0.1) is 0 Å². The molecule has 0 aliphatic carbocycles. The van der Waals surface area contributed by atoms with Gasteiger partial charge in [-0.1, -0.05) is 30.7 Å². The fourth-order valence-corrected chi connectivity index (χ4v) is 3.08. The van der Waals surface area contributed by atoms with Crippen molar-refractivity contribution in [3.8, 4) is 17.2 Å². The second kappa shape index (κ2) is 8.32. The van der Waals surface area contributed by atoms with Gasteiger partial charge in [-0.3, -0.25) is 4.79 Å². The molecule has 0 spiro atoms. The number of anilines is 1. The molecule has 146 valence electrons. The summed E-state index contributed by atoms with van der Waals surface area (Å²) >= 11 is 6.37. The van der Waals surface area contributed by atoms with Crippen LogP contribution in [0.5, 0.6) is 5.75 Å². The average molecular weight is 408 g/mol. The fourth-order valence-electron chi connectivity index (χ4n) is 2.82. The molecular weight excluding hydrogens is 390 g/mol. The van der Waals surface area contributed by atoms with Crippen LogP contribution in [0.25, 0.3) is 22.7 Å². The van der Waals surface area contributed by atoms with Crippen molar-refractivity contribution in [1.29, 1.82) is 0 Å². The number of carbonyl (C=O) groups excluding carboxylic acids is 1. The number of hydrogen-bond donors (Lipinski definition) is 1. The van der Waals surface area contributed by atoms with Crippen molar-refractivity contribution in [2.75, 3.05) is 11.9 Å². The average Bonchev–Trinajstić information content (AvgIpc) is 3.16. The Hall–Kier alpha value is -3.38. The van der Waals surface area contributed by atoms with Crippen molar-refractivity contribution in [3.63, 3.8) is 0 Å². The first-order valence-corrected chi connectivity index (χ1v) is 9.53. The number of halogens is 1. The van der Waals surface area contributed by atoms with Crippen molar-refractivity contribution in [3.05, 3.63) is 71.4 Å². The lowest BCUT2D eigenvalue weighted by molar-refractivity contribution is -0.118. The minimum absolute atomic E-state index is 0.0956. The van der Waals surface area contributed by atoms with Crippen LogP contribution in [-0.4, -0.2) is 22.5 Å². The first kappa shape index (κ1) is 19.0. The highest BCUT2D eigenvalue weighted by Crippen LogP contribution is 2.31. The number of rotatable bonds is 6. The molecule has 29 heavy (non-hydrogen) atoms. The Kier molecular flexibility index (Phi) is 5.44. The van der Waals surface area contributed by atoms with E-state index in [-0.39, 0.29) is 12.5 Å². The molecule has 0 atom stereocenters. The molecule has 0 aliphatic rings. The molecule has 2 aromatic heterocycles. The maximum Gasteiger partial charge on any atom is 0.262 e. The standard InChI is InChI=1S/C22H18ClN3O3/c1-2-14-5-8-16(9-6-14)28-13-20(27)25-15-7-10-17(18(23)12-15)22-26-21-19(29-22)4-3-11-24-21/h3-12H,2,13H2,1H3,(H,25,27). The number of amides is 1. The Labute approximate surface area is 172 Å². The molecule has 2 heterocycles. The van der Waals surface area contributed by atoms with Gasteiger partial charge in [-0.05, 0) is 54.4 Å². The monoisotopic (exact) mass is 407 g/mol. The number of nitrogens with one attached hydrogen (secondary N) is 1. The first-order valence-electron chi connectivity index (χ1n) is 9.15. The van der Waals surface area contributed by atoms with Gasteiger partial charge in [-0.15, -0.1) is 0 Å². The third kappa shape index (κ3) is 4.38. The highest BCUT2D eigenvalue weighted by molar-refractivity contribution is 6.33. The summed E-state index contributed by atoms with van der Waals surface area (Å²) in [4.78, 5) is 20.7. The summed E-state index contributed by atoms with van der Waals surface area (Å²) in [5, 5.41) is 3.18. The zero-order chi connectivity index (χ0) is 20.2. The van der Waals surface area contributed by atoms with E-state index in [9.17, 15) is 4.79 Å². The molecule has 0 radical (unpaired) electrons. The summed E-state index contributed by atoms with van der Waals surface area (Å²) in [7, 11) is 0. The van der Waals surface area contributed by atoms with Crippen molar-refractivity contribution in [1.82, 2.24) is 9.97 Å². The molecule has 4 rings (SSSR count). The zero-order valence-corrected chi connectivity index (χ0v) is 16.4. The van der Waals surface area contributed by atoms with E-state index >= 15 is 0 Å². The van der Waals surface area contributed by atoms with Gasteiger partial charge < -0.3 is 14.5 Å². The lowest BCUT2D eigenvalue weighted by Crippen LogP contribution is -2.20. The van der Waals surface area contributed by atoms with E-state index in [1.807, 2.05) is 24.3 Å². The van der Waals surface area contributed by atoms with Gasteiger partial charge in [-0.2, -0.15) is 4.98 Å². The quantitative estimate of drug-likeness (QED) is 0.479. The number of ether oxygens (including phenoxy) is 1. The number of fused-ring (bicyclic) bond motifs is 1. The summed E-state index contributed by atoms with van der Waals surface area (Å²) in [5.41, 5.74) is 3.49. The van der Waals surface area contributed by atoms with Gasteiger partial charge in [0.2, 0.25) is 5.89 Å². The van der Waals surface area contributed by atoms with E-state index in [2.05, 4.69) is 22.2 Å². The molecule has 0 fully saturated rings. The van der Waals surface area contributed by atoms with Gasteiger partial charge in [0.1, 0.15) is 5.75 Å². The van der Waals surface area contributed by atoms with E-state index < -0.39 is 0 Å². The molecular formula is C22H18ClN3O3. The highest BCUT2D eigenvalue weighted by atomic mass is 35.5. The van der Waals surface area contributed by atoms with E-state index in [4.69, 9.17) is 20.8 Å². The zero-order valence-electron chi connectivity index (χ0n) is 15.7. The van der Waals surface area contributed by atoms with Gasteiger partial charge in [0, 0.05) is 11.9 Å². The Morgan fingerprint density at radius 3 is 2.72 bits per heavy atom. The Balaban J connectivity index is 1.41. The van der Waals surface area contributed by atoms with E-state index in [1.165, 1.54) is 5.56 Å². The van der Waals surface area contributed by atoms with Crippen molar-refractivity contribution in [2.45, 2.75) is 13.3 Å². The molecule has 0 bridgehead atoms. The van der Waals surface area contributed by atoms with Gasteiger partial charge in [0.05, 0.1) is 10.6 Å². The normalized spacial score (nSPS) is 10.8. The number of hydrogen-bond acceptors (Lipinski definition) is 5. The third-order valence-corrected chi connectivity index (χ3v) is 4.66. The van der Waals surface area contributed by atoms with Gasteiger partial charge >= 0.3 is 0 Å². The van der Waals surface area contributed by atoms with Crippen molar-refractivity contribution in [2.24, 2.45) is 0 Å². The Morgan fingerprint density at radius 2 is 2.00 bits per heavy atom. The molecule has 7 heteroatoms. The Morgan fingerprint density at radius 1 is 1.17 bits per heavy atom. The maximum atomic E-state index is 12.2. The third-order valence-electron chi connectivity index (χ3n) is 4.35. The molecule has 0 unspecified atom stereocenters. The number of oxazole rings is 1. The molecule has 0 aliphatic heterocycles. The second-order valence-electron chi connectivity index (χ2n) is 6.37. The summed E-state index contributed by atoms with van der Waals surface area (Å²) in [5.74, 6) is 0.746. The smallest absolute Gasteiger partial charge is 0.262 e. The van der Waals surface area contributed by atoms with Crippen LogP contribution >= 0.6 is 11.6 Å². The maximum absolute atomic E-state index is 12.2. The number of aromatic nitrogens is 2. The second-order valence-corrected chi connectivity index (χ2v) is 6.78. The van der Waals surface area contributed by atoms with E-state index in [0.29, 0.717) is 39.1 Å². The Bertz CT molecular complexity index is 1120. The predicted molar refractivity (Wildman–Crippen MR) is 112 cm³/mol.